The summed E-state index contributed by atoms with van der Waals surface area (Å²) in [4.78, 5) is 53.7. The maximum Gasteiger partial charge on any atom is 0.489 e. The molecule has 2 saturated heterocycles. The Morgan fingerprint density at radius 2 is 1.11 bits per heavy atom. The molecule has 586 valence electrons. The number of nitrogens with zero attached hydrogens (tertiary/aromatic N) is 10. The minimum absolute atomic E-state index is 0.0633. The van der Waals surface area contributed by atoms with Crippen molar-refractivity contribution >= 4 is 109 Å². The minimum Gasteiger partial charge on any atom is -0.478 e. The summed E-state index contributed by atoms with van der Waals surface area (Å²) < 4.78 is 128. The predicted octanol–water partition coefficient (Wildman–Crippen LogP) is 18.2. The lowest BCUT2D eigenvalue weighted by Gasteiger charge is -2.32. The van der Waals surface area contributed by atoms with Gasteiger partial charge in [-0.3, -0.25) is 9.55 Å². The van der Waals surface area contributed by atoms with E-state index in [0.29, 0.717) is 71.7 Å². The highest BCUT2D eigenvalue weighted by atomic mass is 19.4. The minimum atomic E-state index is -4.81. The fraction of sp³-hybridized carbons (Fsp3) is 0.247. The van der Waals surface area contributed by atoms with Crippen molar-refractivity contribution < 1.29 is 84.0 Å². The van der Waals surface area contributed by atoms with Gasteiger partial charge in [0.25, 0.3) is 0 Å². The van der Waals surface area contributed by atoms with E-state index in [0.717, 1.165) is 144 Å². The van der Waals surface area contributed by atoms with E-state index in [1.165, 1.54) is 48.4 Å². The fourth-order valence-electron chi connectivity index (χ4n) is 15.5. The van der Waals surface area contributed by atoms with Crippen LogP contribution >= 0.6 is 0 Å². The number of ether oxygens (including phenoxy) is 1. The molecule has 8 heterocycles. The first-order valence-corrected chi connectivity index (χ1v) is 37.0. The van der Waals surface area contributed by atoms with E-state index in [1.54, 1.807) is 83.5 Å². The quantitative estimate of drug-likeness (QED) is 0.0532. The number of halogens is 8. The SMILES string of the molecule is CN(c1cccnc1)c1cc2cc(B(O)O)c(C(F)(F)F)cc2n1-c1ccc(F)cc1.Cc1cc(C)c(-c2cc3cc(C(=O)O)ccc3n2-c2ccc(F)cc2)c(C)c1.O=C(O)c1cc2nc(N3CCOCC3)n(C3CCCCC3)c2cc1C(F)(F)F.O=C(O)c1ccc2c(c1)nc(N1CCCCC1)n2-c1cc2ccccc2o1. The summed E-state index contributed by atoms with van der Waals surface area (Å²) in [5.74, 6) is -1.69. The van der Waals surface area contributed by atoms with Crippen molar-refractivity contribution in [3.63, 3.8) is 0 Å². The third-order valence-electron chi connectivity index (χ3n) is 20.8. The smallest absolute Gasteiger partial charge is 0.478 e. The molecule has 0 spiro atoms. The lowest BCUT2D eigenvalue weighted by Crippen LogP contribution is -2.38. The third kappa shape index (κ3) is 16.2. The molecule has 0 bridgehead atoms. The summed E-state index contributed by atoms with van der Waals surface area (Å²) in [7, 11) is -0.577. The molecular weight excluding hydrogens is 1480 g/mol. The van der Waals surface area contributed by atoms with Crippen LogP contribution in [-0.2, 0) is 17.1 Å². The second kappa shape index (κ2) is 32.4. The molecule has 17 rings (SSSR count). The van der Waals surface area contributed by atoms with E-state index in [9.17, 15) is 74.9 Å². The highest BCUT2D eigenvalue weighted by molar-refractivity contribution is 6.59. The van der Waals surface area contributed by atoms with Crippen molar-refractivity contribution in [2.45, 2.75) is 90.5 Å². The first-order valence-electron chi connectivity index (χ1n) is 37.0. The number of morpholine rings is 1. The van der Waals surface area contributed by atoms with Crippen molar-refractivity contribution in [1.29, 1.82) is 0 Å². The molecule has 0 amide bonds. The van der Waals surface area contributed by atoms with E-state index in [4.69, 9.17) is 14.1 Å². The molecule has 3 fully saturated rings. The molecule has 0 unspecified atom stereocenters. The van der Waals surface area contributed by atoms with Crippen molar-refractivity contribution in [2.75, 3.05) is 61.1 Å². The van der Waals surface area contributed by atoms with Crippen LogP contribution in [0.3, 0.4) is 0 Å². The molecule has 6 aromatic heterocycles. The number of imidazole rings is 2. The van der Waals surface area contributed by atoms with Crippen molar-refractivity contribution in [3.05, 3.63) is 244 Å². The Morgan fingerprint density at radius 1 is 0.535 bits per heavy atom. The molecule has 0 radical (unpaired) electrons. The number of benzene rings is 8. The van der Waals surface area contributed by atoms with E-state index in [-0.39, 0.29) is 34.0 Å². The Balaban J connectivity index is 0.000000126. The van der Waals surface area contributed by atoms with Gasteiger partial charge in [0.15, 0.2) is 0 Å². The monoisotopic (exact) mass is 1560 g/mol. The van der Waals surface area contributed by atoms with E-state index in [2.05, 4.69) is 52.3 Å². The molecule has 1 aliphatic carbocycles. The summed E-state index contributed by atoms with van der Waals surface area (Å²) in [6, 6.07) is 47.2. The van der Waals surface area contributed by atoms with Gasteiger partial charge in [0, 0.05) is 84.6 Å². The molecule has 8 aromatic carbocycles. The highest BCUT2D eigenvalue weighted by Gasteiger charge is 2.40. The third-order valence-corrected chi connectivity index (χ3v) is 20.8. The molecule has 3 aliphatic rings. The Kier molecular flexibility index (Phi) is 22.3. The molecule has 5 N–H and O–H groups in total. The Labute approximate surface area is 647 Å². The number of carboxylic acids is 3. The van der Waals surface area contributed by atoms with Crippen LogP contribution in [0.1, 0.15) is 116 Å². The van der Waals surface area contributed by atoms with Gasteiger partial charge in [-0.25, -0.2) is 37.7 Å². The molecule has 0 atom stereocenters. The van der Waals surface area contributed by atoms with Crippen LogP contribution in [0.2, 0.25) is 0 Å². The van der Waals surface area contributed by atoms with Gasteiger partial charge in [0.2, 0.25) is 17.8 Å². The topological polar surface area (TPSA) is 243 Å². The molecule has 29 heteroatoms. The molecular formula is C85H77BF8N10O10. The number of aromatic carboxylic acids is 3. The second-order valence-corrected chi connectivity index (χ2v) is 28.4. The zero-order valence-corrected chi connectivity index (χ0v) is 62.2. The summed E-state index contributed by atoms with van der Waals surface area (Å²) in [5, 5.41) is 49.2. The van der Waals surface area contributed by atoms with Crippen LogP contribution in [0, 0.1) is 32.4 Å². The first-order chi connectivity index (χ1) is 54.6. The number of piperidine rings is 1. The number of furan rings is 1. The number of fused-ring (bicyclic) bond motifs is 5. The van der Waals surface area contributed by atoms with Gasteiger partial charge in [0.1, 0.15) is 23.0 Å². The molecule has 14 aromatic rings. The molecule has 2 aliphatic heterocycles. The highest BCUT2D eigenvalue weighted by Crippen LogP contribution is 2.43. The predicted molar refractivity (Wildman–Crippen MR) is 421 cm³/mol. The summed E-state index contributed by atoms with van der Waals surface area (Å²) >= 11 is 0. The summed E-state index contributed by atoms with van der Waals surface area (Å²) in [6.45, 7) is 10.4. The number of pyridine rings is 1. The van der Waals surface area contributed by atoms with E-state index >= 15 is 0 Å². The number of aromatic nitrogens is 7. The van der Waals surface area contributed by atoms with Gasteiger partial charge >= 0.3 is 37.4 Å². The summed E-state index contributed by atoms with van der Waals surface area (Å²) in [6.07, 6.45) is 2.04. The van der Waals surface area contributed by atoms with Crippen molar-refractivity contribution in [1.82, 2.24) is 33.2 Å². The lowest BCUT2D eigenvalue weighted by atomic mass is 9.76. The Hall–Kier alpha value is -12.3. The Bertz CT molecular complexity index is 5860. The van der Waals surface area contributed by atoms with E-state index in [1.807, 2.05) is 62.6 Å². The van der Waals surface area contributed by atoms with Crippen molar-refractivity contribution in [2.24, 2.45) is 0 Å². The van der Waals surface area contributed by atoms with Crippen LogP contribution in [0.5, 0.6) is 0 Å². The number of hydrogen-bond acceptors (Lipinski definition) is 13. The number of anilines is 4. The van der Waals surface area contributed by atoms with Gasteiger partial charge in [-0.05, 0) is 203 Å². The van der Waals surface area contributed by atoms with Crippen LogP contribution in [0.4, 0.5) is 58.5 Å². The largest absolute Gasteiger partial charge is 0.489 e. The van der Waals surface area contributed by atoms with Gasteiger partial charge in [0.05, 0.1) is 91.7 Å². The molecule has 20 nitrogen and oxygen atoms in total. The number of aryl methyl sites for hydroxylation is 3. The zero-order chi connectivity index (χ0) is 80.6. The van der Waals surface area contributed by atoms with Gasteiger partial charge in [-0.1, -0.05) is 61.2 Å². The van der Waals surface area contributed by atoms with E-state index < -0.39 is 65.3 Å². The molecule has 1 saturated carbocycles. The fourth-order valence-corrected chi connectivity index (χ4v) is 15.5. The van der Waals surface area contributed by atoms with Gasteiger partial charge < -0.3 is 58.4 Å². The maximum absolute atomic E-state index is 13.7. The maximum atomic E-state index is 13.7. The number of para-hydroxylation sites is 1. The first kappa shape index (κ1) is 78.4. The van der Waals surface area contributed by atoms with Crippen LogP contribution in [0.15, 0.2) is 193 Å². The van der Waals surface area contributed by atoms with Gasteiger partial charge in [-0.15, -0.1) is 0 Å². The average molecular weight is 1560 g/mol. The summed E-state index contributed by atoms with van der Waals surface area (Å²) in [5.41, 5.74) is 8.28. The van der Waals surface area contributed by atoms with Crippen LogP contribution < -0.4 is 20.2 Å². The normalized spacial score (nSPS) is 14.2. The van der Waals surface area contributed by atoms with Gasteiger partial charge in [-0.2, -0.15) is 26.3 Å². The number of carboxylic acid groups (broad SMARTS) is 3. The van der Waals surface area contributed by atoms with Crippen molar-refractivity contribution in [3.8, 4) is 28.5 Å². The zero-order valence-electron chi connectivity index (χ0n) is 62.2. The average Bonchev–Trinajstić information content (AvgIpc) is 1.60. The molecule has 114 heavy (non-hydrogen) atoms. The standard InChI is InChI=1S/C24H20FNO2.C21H16BF4N3O2.C21H19N3O3.C19H22F3N3O3/c1-14-10-15(2)23(16(3)11-14)22-13-18-12-17(24(27)28)4-9-21(18)26(22)20-7-5-19(25)6-8-20;1-28(16-3-2-8-27-12-16)20-10-13-9-18(22(30)31)17(21(24,25)26)11-19(13)29(20)15-6-4-14(23)5-7-15;25-20(26)15-8-9-17-16(12-15)22-21(23-10-4-1-5-11-23)24(17)19-13-14-6-2-3-7-18(14)27-19;20-19(21,22)14-11-16-15(10-13(14)17(26)27)23-18(24-6-8-28-9-7-24)25(16)12-4-2-1-3-5-12/h4-13H,1-3H3,(H,27,28);2-12,30-31H,1H3;2-3,6-9,12-13H,1,4-5,10-11H2,(H,25,26);10-12H,1-9H2,(H,26,27). The second-order valence-electron chi connectivity index (χ2n) is 28.4. The number of alkyl halides is 6. The number of carbonyl (C=O) groups is 3. The lowest BCUT2D eigenvalue weighted by molar-refractivity contribution is -0.138. The Morgan fingerprint density at radius 3 is 1.72 bits per heavy atom. The number of rotatable bonds is 13. The van der Waals surface area contributed by atoms with Crippen LogP contribution in [-0.4, -0.2) is 130 Å². The number of hydrogen-bond donors (Lipinski definition) is 5. The van der Waals surface area contributed by atoms with Crippen LogP contribution in [0.25, 0.3) is 83.4 Å².